The summed E-state index contributed by atoms with van der Waals surface area (Å²) in [6, 6.07) is 17.3. The highest BCUT2D eigenvalue weighted by Crippen LogP contribution is 2.56. The molecule has 0 saturated carbocycles. The van der Waals surface area contributed by atoms with Crippen molar-refractivity contribution >= 4 is 73.5 Å². The van der Waals surface area contributed by atoms with Gasteiger partial charge >= 0.3 is 0 Å². The van der Waals surface area contributed by atoms with Crippen LogP contribution in [0.2, 0.25) is 0 Å². The summed E-state index contributed by atoms with van der Waals surface area (Å²) in [5.41, 5.74) is 5.23. The van der Waals surface area contributed by atoms with Crippen LogP contribution in [0.1, 0.15) is 30.5 Å². The van der Waals surface area contributed by atoms with E-state index >= 15 is 0 Å². The number of ether oxygens (including phenoxy) is 1. The number of hydrogen-bond donors (Lipinski definition) is 0. The minimum atomic E-state index is -0.646. The van der Waals surface area contributed by atoms with Gasteiger partial charge in [-0.25, -0.2) is 0 Å². The number of likely N-dealkylation sites (N-methyl/N-ethyl adjacent to an activating group) is 1. The first-order valence-corrected chi connectivity index (χ1v) is 12.8. The molecule has 3 nitrogen and oxygen atoms in total. The molecule has 0 aromatic heterocycles. The summed E-state index contributed by atoms with van der Waals surface area (Å²) in [4.78, 5) is 7.33. The van der Waals surface area contributed by atoms with E-state index in [1.807, 2.05) is 6.21 Å². The molecule has 2 aliphatic rings. The van der Waals surface area contributed by atoms with Crippen LogP contribution in [0, 0.1) is 0 Å². The molecule has 0 saturated heterocycles. The minimum Gasteiger partial charge on any atom is -0.459 e. The first-order chi connectivity index (χ1) is 13.9. The summed E-state index contributed by atoms with van der Waals surface area (Å²) < 4.78 is 8.85. The van der Waals surface area contributed by atoms with Gasteiger partial charge in [0.2, 0.25) is 5.72 Å². The number of fused-ring (bicyclic) bond motifs is 4. The fourth-order valence-corrected chi connectivity index (χ4v) is 6.16. The molecule has 2 aliphatic heterocycles. The highest BCUT2D eigenvalue weighted by Gasteiger charge is 2.59. The Bertz CT molecular complexity index is 1170. The van der Waals surface area contributed by atoms with Gasteiger partial charge < -0.3 is 9.64 Å². The van der Waals surface area contributed by atoms with Gasteiger partial charge in [-0.1, -0.05) is 81.6 Å². The van der Waals surface area contributed by atoms with Gasteiger partial charge in [-0.15, -0.1) is 0 Å². The molecule has 1 spiro atoms. The number of rotatable bonds is 2. The third-order valence-corrected chi connectivity index (χ3v) is 8.12. The molecule has 0 fully saturated rings. The Morgan fingerprint density at radius 1 is 1.00 bits per heavy atom. The van der Waals surface area contributed by atoms with E-state index in [-0.39, 0.29) is 5.41 Å². The number of benzene rings is 3. The molecule has 3 aromatic carbocycles. The number of alkyl halides is 2. The second kappa shape index (κ2) is 6.83. The van der Waals surface area contributed by atoms with Crippen molar-refractivity contribution < 1.29 is 4.74 Å². The van der Waals surface area contributed by atoms with Gasteiger partial charge in [0.25, 0.3) is 0 Å². The van der Waals surface area contributed by atoms with E-state index in [1.165, 1.54) is 27.8 Å². The van der Waals surface area contributed by atoms with Gasteiger partial charge in [0.1, 0.15) is 5.69 Å². The van der Waals surface area contributed by atoms with Crippen LogP contribution in [-0.2, 0) is 14.3 Å². The van der Waals surface area contributed by atoms with Gasteiger partial charge in [-0.2, -0.15) is 0 Å². The molecule has 2 heterocycles. The zero-order valence-corrected chi connectivity index (χ0v) is 21.0. The lowest BCUT2D eigenvalue weighted by molar-refractivity contribution is 0.0816. The van der Waals surface area contributed by atoms with Gasteiger partial charge in [-0.3, -0.25) is 4.99 Å². The van der Waals surface area contributed by atoms with Crippen molar-refractivity contribution in [2.45, 2.75) is 33.8 Å². The third kappa shape index (κ3) is 2.55. The van der Waals surface area contributed by atoms with E-state index in [1.54, 1.807) is 0 Å². The quantitative estimate of drug-likeness (QED) is 0.233. The van der Waals surface area contributed by atoms with Crippen LogP contribution in [0.3, 0.4) is 0 Å². The van der Waals surface area contributed by atoms with Crippen molar-refractivity contribution in [1.82, 2.24) is 0 Å². The molecule has 0 aliphatic carbocycles. The molecule has 1 atom stereocenters. The zero-order valence-electron chi connectivity index (χ0n) is 16.7. The van der Waals surface area contributed by atoms with Crippen molar-refractivity contribution in [2.75, 3.05) is 11.9 Å². The molecule has 3 aromatic rings. The van der Waals surface area contributed by atoms with E-state index in [9.17, 15) is 0 Å². The third-order valence-electron chi connectivity index (χ3n) is 6.48. The summed E-state index contributed by atoms with van der Waals surface area (Å²) >= 11 is 4.88. The van der Waals surface area contributed by atoms with E-state index in [0.29, 0.717) is 0 Å². The van der Waals surface area contributed by atoms with Crippen LogP contribution < -0.4 is 9.64 Å². The lowest BCUT2D eigenvalue weighted by Crippen LogP contribution is -2.61. The van der Waals surface area contributed by atoms with E-state index < -0.39 is 5.72 Å². The number of halogens is 2. The highest BCUT2D eigenvalue weighted by molar-refractivity contribution is 14.1. The molecule has 5 heteroatoms. The molecule has 1 unspecified atom stereocenters. The van der Waals surface area contributed by atoms with Gasteiger partial charge in [0.05, 0.1) is 11.6 Å². The summed E-state index contributed by atoms with van der Waals surface area (Å²) in [5.74, 6) is 0.921. The van der Waals surface area contributed by atoms with Crippen molar-refractivity contribution in [3.05, 3.63) is 65.2 Å². The summed E-state index contributed by atoms with van der Waals surface area (Å²) in [6.07, 6.45) is 2.04. The second-order valence-corrected chi connectivity index (χ2v) is 9.78. The van der Waals surface area contributed by atoms with Crippen molar-refractivity contribution in [3.63, 3.8) is 0 Å². The molecule has 0 N–H and O–H groups in total. The van der Waals surface area contributed by atoms with E-state index in [4.69, 9.17) is 9.73 Å². The van der Waals surface area contributed by atoms with Crippen molar-refractivity contribution in [2.24, 2.45) is 4.99 Å². The SMILES string of the molecule is CN1c2cccc(CI)c2C(C)(C)C12C=Nc1c(c(CI)cc3ccccc13)O2. The van der Waals surface area contributed by atoms with Crippen LogP contribution in [0.15, 0.2) is 53.5 Å². The largest absolute Gasteiger partial charge is 0.459 e. The van der Waals surface area contributed by atoms with Crippen LogP contribution in [0.5, 0.6) is 5.75 Å². The fraction of sp³-hybridized carbons (Fsp3) is 0.292. The summed E-state index contributed by atoms with van der Waals surface area (Å²) in [6.45, 7) is 4.57. The number of hydrogen-bond acceptors (Lipinski definition) is 3. The molecular formula is C24H22I2N2O. The van der Waals surface area contributed by atoms with Gasteiger partial charge in [-0.05, 0) is 42.5 Å². The van der Waals surface area contributed by atoms with Crippen LogP contribution in [0.25, 0.3) is 10.8 Å². The Labute approximate surface area is 198 Å². The van der Waals surface area contributed by atoms with E-state index in [0.717, 1.165) is 25.7 Å². The lowest BCUT2D eigenvalue weighted by Gasteiger charge is -2.45. The normalized spacial score (nSPS) is 21.3. The number of anilines is 1. The van der Waals surface area contributed by atoms with Gasteiger partial charge in [0.15, 0.2) is 5.75 Å². The minimum absolute atomic E-state index is 0.242. The maximum absolute atomic E-state index is 6.99. The Morgan fingerprint density at radius 3 is 2.52 bits per heavy atom. The lowest BCUT2D eigenvalue weighted by atomic mass is 9.76. The molecule has 0 bridgehead atoms. The summed E-state index contributed by atoms with van der Waals surface area (Å²) in [7, 11) is 2.13. The fourth-order valence-electron chi connectivity index (χ4n) is 4.96. The Kier molecular flexibility index (Phi) is 4.62. The monoisotopic (exact) mass is 608 g/mol. The highest BCUT2D eigenvalue weighted by atomic mass is 127. The number of nitrogens with zero attached hydrogens (tertiary/aromatic N) is 2. The topological polar surface area (TPSA) is 24.8 Å². The van der Waals surface area contributed by atoms with Crippen molar-refractivity contribution in [3.8, 4) is 5.75 Å². The predicted molar refractivity (Wildman–Crippen MR) is 139 cm³/mol. The molecule has 5 rings (SSSR count). The molecule has 148 valence electrons. The Balaban J connectivity index is 1.75. The van der Waals surface area contributed by atoms with Crippen LogP contribution in [-0.4, -0.2) is 19.0 Å². The first-order valence-electron chi connectivity index (χ1n) is 9.71. The molecule has 0 radical (unpaired) electrons. The first kappa shape index (κ1) is 19.6. The Morgan fingerprint density at radius 2 is 1.76 bits per heavy atom. The molecule has 0 amide bonds. The zero-order chi connectivity index (χ0) is 20.4. The average molecular weight is 608 g/mol. The maximum Gasteiger partial charge on any atom is 0.228 e. The smallest absolute Gasteiger partial charge is 0.228 e. The van der Waals surface area contributed by atoms with Crippen LogP contribution in [0.4, 0.5) is 11.4 Å². The molecular weight excluding hydrogens is 586 g/mol. The van der Waals surface area contributed by atoms with Gasteiger partial charge in [0, 0.05) is 32.5 Å². The maximum atomic E-state index is 6.99. The average Bonchev–Trinajstić information content (AvgIpc) is 2.91. The van der Waals surface area contributed by atoms with Crippen LogP contribution >= 0.6 is 45.2 Å². The second-order valence-electron chi connectivity index (χ2n) is 8.25. The molecule has 29 heavy (non-hydrogen) atoms. The van der Waals surface area contributed by atoms with Crippen molar-refractivity contribution in [1.29, 1.82) is 0 Å². The standard InChI is InChI=1S/C24H22I2N2O/c1-23(2)20-16(12-25)8-6-10-19(20)28(3)24(23)14-27-21-18-9-5-4-7-15(18)11-17(13-26)22(21)29-24/h4-11,14H,12-13H2,1-3H3. The predicted octanol–water partition coefficient (Wildman–Crippen LogP) is 6.93. The Hall–Kier alpha value is -1.35. The van der Waals surface area contributed by atoms with E-state index in [2.05, 4.69) is 120 Å². The number of aliphatic imine (C=N–C) groups is 1. The summed E-state index contributed by atoms with van der Waals surface area (Å²) in [5, 5.41) is 2.36.